The molecule has 9 heteroatoms. The van der Waals surface area contributed by atoms with Crippen LogP contribution in [0.1, 0.15) is 17.8 Å². The lowest BCUT2D eigenvalue weighted by molar-refractivity contribution is -0.148. The lowest BCUT2D eigenvalue weighted by Gasteiger charge is -2.56. The standard InChI is InChI=1S/C21H24N6O3/c1-13-4-5-17(18(8-13)29-3)30-12-21(28)26-15-9-16(26)11-25(10-15)20-7-6-19-23-22-14(2)27(19)24-20/h4-8,15-16H,9-12H2,1-3H3. The number of amides is 1. The molecule has 0 saturated carbocycles. The maximum atomic E-state index is 12.8. The lowest BCUT2D eigenvalue weighted by atomic mass is 9.87. The highest BCUT2D eigenvalue weighted by Gasteiger charge is 2.47. The van der Waals surface area contributed by atoms with Crippen LogP contribution in [0.3, 0.4) is 0 Å². The molecule has 156 valence electrons. The van der Waals surface area contributed by atoms with Gasteiger partial charge in [0, 0.05) is 13.1 Å². The summed E-state index contributed by atoms with van der Waals surface area (Å²) in [4.78, 5) is 17.0. The zero-order chi connectivity index (χ0) is 20.8. The van der Waals surface area contributed by atoms with Crippen LogP contribution in [-0.2, 0) is 4.79 Å². The van der Waals surface area contributed by atoms with Crippen molar-refractivity contribution in [3.63, 3.8) is 0 Å². The zero-order valence-electron chi connectivity index (χ0n) is 17.3. The number of carbonyl (C=O) groups is 1. The van der Waals surface area contributed by atoms with Gasteiger partial charge >= 0.3 is 0 Å². The number of hydrogen-bond donors (Lipinski definition) is 0. The number of methoxy groups -OCH3 is 1. The first kappa shape index (κ1) is 18.7. The van der Waals surface area contributed by atoms with Crippen LogP contribution >= 0.6 is 0 Å². The van der Waals surface area contributed by atoms with Crippen LogP contribution in [0, 0.1) is 13.8 Å². The van der Waals surface area contributed by atoms with Crippen molar-refractivity contribution < 1.29 is 14.3 Å². The Morgan fingerprint density at radius 3 is 2.67 bits per heavy atom. The average Bonchev–Trinajstić information content (AvgIpc) is 3.13. The maximum Gasteiger partial charge on any atom is 0.261 e. The molecule has 3 aliphatic heterocycles. The van der Waals surface area contributed by atoms with Gasteiger partial charge in [-0.1, -0.05) is 6.07 Å². The summed E-state index contributed by atoms with van der Waals surface area (Å²) >= 11 is 0. The number of rotatable bonds is 5. The molecule has 30 heavy (non-hydrogen) atoms. The van der Waals surface area contributed by atoms with Gasteiger partial charge in [-0.15, -0.1) is 15.3 Å². The number of aryl methyl sites for hydroxylation is 2. The number of piperidine rings is 1. The van der Waals surface area contributed by atoms with Crippen LogP contribution < -0.4 is 14.4 Å². The van der Waals surface area contributed by atoms with E-state index >= 15 is 0 Å². The van der Waals surface area contributed by atoms with Gasteiger partial charge < -0.3 is 19.3 Å². The Hall–Kier alpha value is -3.36. The highest BCUT2D eigenvalue weighted by atomic mass is 16.5. The van der Waals surface area contributed by atoms with Crippen LogP contribution in [0.2, 0.25) is 0 Å². The van der Waals surface area contributed by atoms with Gasteiger partial charge in [-0.05, 0) is 50.1 Å². The van der Waals surface area contributed by atoms with E-state index in [1.54, 1.807) is 11.6 Å². The SMILES string of the molecule is COc1cc(C)ccc1OCC(=O)N1C2CC1CN(c1ccc3nnc(C)n3n1)C2. The van der Waals surface area contributed by atoms with E-state index in [0.29, 0.717) is 11.5 Å². The van der Waals surface area contributed by atoms with Gasteiger partial charge in [-0.2, -0.15) is 4.52 Å². The topological polar surface area (TPSA) is 85.1 Å². The Morgan fingerprint density at radius 2 is 1.90 bits per heavy atom. The Kier molecular flexibility index (Phi) is 4.45. The number of carbonyl (C=O) groups excluding carboxylic acids is 1. The van der Waals surface area contributed by atoms with E-state index in [2.05, 4.69) is 20.2 Å². The van der Waals surface area contributed by atoms with Crippen LogP contribution in [0.4, 0.5) is 5.82 Å². The first-order chi connectivity index (χ1) is 14.5. The predicted octanol–water partition coefficient (Wildman–Crippen LogP) is 1.62. The summed E-state index contributed by atoms with van der Waals surface area (Å²) in [5, 5.41) is 12.8. The molecule has 2 bridgehead atoms. The predicted molar refractivity (Wildman–Crippen MR) is 110 cm³/mol. The van der Waals surface area contributed by atoms with Gasteiger partial charge in [-0.25, -0.2) is 0 Å². The van der Waals surface area contributed by atoms with Crippen molar-refractivity contribution in [2.45, 2.75) is 32.4 Å². The van der Waals surface area contributed by atoms with Gasteiger partial charge in [-0.3, -0.25) is 4.79 Å². The van der Waals surface area contributed by atoms with E-state index in [9.17, 15) is 4.79 Å². The van der Waals surface area contributed by atoms with Crippen molar-refractivity contribution in [3.05, 3.63) is 41.7 Å². The quantitative estimate of drug-likeness (QED) is 0.634. The smallest absolute Gasteiger partial charge is 0.261 e. The van der Waals surface area contributed by atoms with Crippen LogP contribution in [0.25, 0.3) is 5.65 Å². The highest BCUT2D eigenvalue weighted by molar-refractivity contribution is 5.80. The second-order valence-corrected chi connectivity index (χ2v) is 7.90. The largest absolute Gasteiger partial charge is 0.493 e. The van der Waals surface area contributed by atoms with E-state index in [4.69, 9.17) is 9.47 Å². The number of piperazine rings is 1. The molecule has 3 aliphatic rings. The van der Waals surface area contributed by atoms with Gasteiger partial charge in [0.25, 0.3) is 5.91 Å². The normalized spacial score (nSPS) is 20.2. The second-order valence-electron chi connectivity index (χ2n) is 7.90. The van der Waals surface area contributed by atoms with Crippen molar-refractivity contribution in [1.29, 1.82) is 0 Å². The molecule has 2 aromatic heterocycles. The molecule has 5 heterocycles. The van der Waals surface area contributed by atoms with E-state index in [1.807, 2.05) is 49.1 Å². The fourth-order valence-electron chi connectivity index (χ4n) is 4.37. The molecule has 6 rings (SSSR count). The van der Waals surface area contributed by atoms with Gasteiger partial charge in [0.1, 0.15) is 5.82 Å². The van der Waals surface area contributed by atoms with Gasteiger partial charge in [0.2, 0.25) is 0 Å². The Balaban J connectivity index is 1.23. The third-order valence-corrected chi connectivity index (χ3v) is 5.88. The molecule has 3 aromatic rings. The summed E-state index contributed by atoms with van der Waals surface area (Å²) in [7, 11) is 1.60. The summed E-state index contributed by atoms with van der Waals surface area (Å²) in [5.41, 5.74) is 1.82. The first-order valence-corrected chi connectivity index (χ1v) is 10.1. The minimum Gasteiger partial charge on any atom is -0.493 e. The van der Waals surface area contributed by atoms with E-state index < -0.39 is 0 Å². The molecular weight excluding hydrogens is 384 g/mol. The Bertz CT molecular complexity index is 1100. The fourth-order valence-corrected chi connectivity index (χ4v) is 4.37. The average molecular weight is 408 g/mol. The highest BCUT2D eigenvalue weighted by Crippen LogP contribution is 2.35. The third kappa shape index (κ3) is 3.10. The molecule has 3 saturated heterocycles. The van der Waals surface area contributed by atoms with Crippen molar-refractivity contribution >= 4 is 17.4 Å². The molecule has 0 N–H and O–H groups in total. The monoisotopic (exact) mass is 408 g/mol. The van der Waals surface area contributed by atoms with E-state index in [-0.39, 0.29) is 24.6 Å². The molecule has 2 atom stereocenters. The van der Waals surface area contributed by atoms with E-state index in [1.165, 1.54) is 0 Å². The second kappa shape index (κ2) is 7.16. The number of benzene rings is 1. The minimum absolute atomic E-state index is 0.0104. The fraction of sp³-hybridized carbons (Fsp3) is 0.429. The summed E-state index contributed by atoms with van der Waals surface area (Å²) in [5.74, 6) is 2.88. The number of aromatic nitrogens is 4. The van der Waals surface area contributed by atoms with Crippen LogP contribution in [-0.4, -0.2) is 69.5 Å². The minimum atomic E-state index is 0.0104. The maximum absolute atomic E-state index is 12.8. The number of hydrogen-bond acceptors (Lipinski definition) is 7. The van der Waals surface area contributed by atoms with Gasteiger partial charge in [0.05, 0.1) is 19.2 Å². The molecule has 1 amide bonds. The van der Waals surface area contributed by atoms with E-state index in [0.717, 1.165) is 42.4 Å². The molecule has 0 aliphatic carbocycles. The summed E-state index contributed by atoms with van der Waals surface area (Å²) in [6.07, 6.45) is 1.02. The molecule has 1 aromatic carbocycles. The molecule has 9 nitrogen and oxygen atoms in total. The zero-order valence-corrected chi connectivity index (χ0v) is 17.3. The van der Waals surface area contributed by atoms with Crippen LogP contribution in [0.15, 0.2) is 30.3 Å². The summed E-state index contributed by atoms with van der Waals surface area (Å²) in [6, 6.07) is 9.94. The first-order valence-electron chi connectivity index (χ1n) is 10.1. The van der Waals surface area contributed by atoms with Crippen molar-refractivity contribution in [3.8, 4) is 11.5 Å². The summed E-state index contributed by atoms with van der Waals surface area (Å²) < 4.78 is 12.9. The molecule has 2 unspecified atom stereocenters. The number of anilines is 1. The van der Waals surface area contributed by atoms with Crippen molar-refractivity contribution in [1.82, 2.24) is 24.7 Å². The number of nitrogens with zero attached hydrogens (tertiary/aromatic N) is 6. The van der Waals surface area contributed by atoms with Crippen molar-refractivity contribution in [2.24, 2.45) is 0 Å². The molecule has 3 fully saturated rings. The van der Waals surface area contributed by atoms with Crippen molar-refractivity contribution in [2.75, 3.05) is 31.7 Å². The number of ether oxygens (including phenoxy) is 2. The number of fused-ring (bicyclic) bond motifs is 3. The molecule has 0 spiro atoms. The van der Waals surface area contributed by atoms with Gasteiger partial charge in [0.15, 0.2) is 29.6 Å². The summed E-state index contributed by atoms with van der Waals surface area (Å²) in [6.45, 7) is 5.40. The molecule has 0 radical (unpaired) electrons. The Labute approximate surface area is 174 Å². The Morgan fingerprint density at radius 1 is 1.10 bits per heavy atom. The molecular formula is C21H24N6O3. The third-order valence-electron chi connectivity index (χ3n) is 5.88. The van der Waals surface area contributed by atoms with Crippen LogP contribution in [0.5, 0.6) is 11.5 Å². The lowest BCUT2D eigenvalue weighted by Crippen LogP contribution is -2.71.